The number of aromatic nitrogens is 4. The lowest BCUT2D eigenvalue weighted by atomic mass is 10.2. The van der Waals surface area contributed by atoms with E-state index in [1.54, 1.807) is 36.1 Å². The third-order valence-corrected chi connectivity index (χ3v) is 4.91. The molecule has 162 valence electrons. The van der Waals surface area contributed by atoms with Crippen LogP contribution in [0, 0.1) is 5.82 Å². The molecule has 0 aliphatic rings. The van der Waals surface area contributed by atoms with Gasteiger partial charge in [0.1, 0.15) is 35.8 Å². The molecule has 1 atom stereocenters. The Kier molecular flexibility index (Phi) is 7.29. The van der Waals surface area contributed by atoms with E-state index in [1.165, 1.54) is 18.5 Å². The van der Waals surface area contributed by atoms with Crippen LogP contribution in [0.1, 0.15) is 18.5 Å². The average Bonchev–Trinajstić information content (AvgIpc) is 3.24. The summed E-state index contributed by atoms with van der Waals surface area (Å²) in [6, 6.07) is 5.41. The van der Waals surface area contributed by atoms with Crippen molar-refractivity contribution in [2.75, 3.05) is 13.2 Å². The maximum absolute atomic E-state index is 13.1. The SMILES string of the molecule is C=N[C@@H](COc1ncn(CC(=O)OCC)c(=O)c1Br)c1cnn(-c2ccc(F)cc2)c1. The first-order chi connectivity index (χ1) is 14.9. The number of ether oxygens (including phenoxy) is 2. The lowest BCUT2D eigenvalue weighted by Crippen LogP contribution is -2.27. The lowest BCUT2D eigenvalue weighted by Gasteiger charge is -2.13. The molecule has 3 aromatic rings. The van der Waals surface area contributed by atoms with Gasteiger partial charge >= 0.3 is 5.97 Å². The van der Waals surface area contributed by atoms with Gasteiger partial charge in [-0.15, -0.1) is 0 Å². The molecule has 0 radical (unpaired) electrons. The van der Waals surface area contributed by atoms with Crippen molar-refractivity contribution < 1.29 is 18.7 Å². The van der Waals surface area contributed by atoms with Crippen molar-refractivity contribution in [1.82, 2.24) is 19.3 Å². The molecule has 1 aromatic carbocycles. The van der Waals surface area contributed by atoms with Crippen LogP contribution < -0.4 is 10.3 Å². The van der Waals surface area contributed by atoms with E-state index in [-0.39, 0.29) is 35.9 Å². The van der Waals surface area contributed by atoms with Crippen LogP contribution in [0.2, 0.25) is 0 Å². The third kappa shape index (κ3) is 5.43. The van der Waals surface area contributed by atoms with Gasteiger partial charge in [0.05, 0.1) is 18.5 Å². The van der Waals surface area contributed by atoms with Crippen molar-refractivity contribution in [3.63, 3.8) is 0 Å². The Morgan fingerprint density at radius 3 is 2.77 bits per heavy atom. The van der Waals surface area contributed by atoms with E-state index in [0.717, 1.165) is 4.57 Å². The molecule has 0 spiro atoms. The van der Waals surface area contributed by atoms with Gasteiger partial charge in [0.25, 0.3) is 5.56 Å². The van der Waals surface area contributed by atoms with Crippen molar-refractivity contribution in [3.05, 3.63) is 69.2 Å². The molecule has 0 amide bonds. The van der Waals surface area contributed by atoms with Gasteiger partial charge in [-0.05, 0) is 53.8 Å². The first-order valence-electron chi connectivity index (χ1n) is 9.22. The number of carbonyl (C=O) groups excluding carboxylic acids is 1. The summed E-state index contributed by atoms with van der Waals surface area (Å²) < 4.78 is 26.4. The molecule has 0 fully saturated rings. The maximum Gasteiger partial charge on any atom is 0.326 e. The summed E-state index contributed by atoms with van der Waals surface area (Å²) in [6.07, 6.45) is 4.55. The number of halogens is 2. The van der Waals surface area contributed by atoms with E-state index in [9.17, 15) is 14.0 Å². The summed E-state index contributed by atoms with van der Waals surface area (Å²) in [4.78, 5) is 32.1. The predicted molar refractivity (Wildman–Crippen MR) is 114 cm³/mol. The first-order valence-corrected chi connectivity index (χ1v) is 10.0. The smallest absolute Gasteiger partial charge is 0.326 e. The van der Waals surface area contributed by atoms with Crippen LogP contribution in [0.5, 0.6) is 5.88 Å². The minimum absolute atomic E-state index is 0.0472. The van der Waals surface area contributed by atoms with Crippen molar-refractivity contribution in [3.8, 4) is 11.6 Å². The second kappa shape index (κ2) is 10.1. The molecule has 3 rings (SSSR count). The number of hydrogen-bond donors (Lipinski definition) is 0. The molecular weight excluding hydrogens is 473 g/mol. The molecule has 0 saturated heterocycles. The van der Waals surface area contributed by atoms with Crippen LogP contribution in [-0.2, 0) is 16.1 Å². The second-order valence-electron chi connectivity index (χ2n) is 6.31. The van der Waals surface area contributed by atoms with Crippen LogP contribution in [0.3, 0.4) is 0 Å². The summed E-state index contributed by atoms with van der Waals surface area (Å²) >= 11 is 3.16. The van der Waals surface area contributed by atoms with Crippen LogP contribution in [0.25, 0.3) is 5.69 Å². The fourth-order valence-corrected chi connectivity index (χ4v) is 3.11. The van der Waals surface area contributed by atoms with Crippen molar-refractivity contribution in [1.29, 1.82) is 0 Å². The zero-order chi connectivity index (χ0) is 22.4. The summed E-state index contributed by atoms with van der Waals surface area (Å²) in [5, 5.41) is 4.25. The Hall–Kier alpha value is -3.34. The Balaban J connectivity index is 1.70. The average molecular weight is 492 g/mol. The van der Waals surface area contributed by atoms with E-state index in [2.05, 4.69) is 37.7 Å². The fourth-order valence-electron chi connectivity index (χ4n) is 2.66. The summed E-state index contributed by atoms with van der Waals surface area (Å²) in [5.74, 6) is -0.817. The first kappa shape index (κ1) is 22.3. The van der Waals surface area contributed by atoms with Gasteiger partial charge in [-0.2, -0.15) is 5.10 Å². The molecule has 0 N–H and O–H groups in total. The van der Waals surface area contributed by atoms with Crippen LogP contribution in [-0.4, -0.2) is 45.2 Å². The molecule has 2 aromatic heterocycles. The molecule has 0 unspecified atom stereocenters. The Labute approximate surface area is 185 Å². The fraction of sp³-hybridized carbons (Fsp3) is 0.250. The Bertz CT molecular complexity index is 1130. The quantitative estimate of drug-likeness (QED) is 0.337. The van der Waals surface area contributed by atoms with Crippen molar-refractivity contribution in [2.24, 2.45) is 4.99 Å². The van der Waals surface area contributed by atoms with Gasteiger partial charge in [-0.3, -0.25) is 19.1 Å². The molecule has 0 bridgehead atoms. The highest BCUT2D eigenvalue weighted by Crippen LogP contribution is 2.22. The van der Waals surface area contributed by atoms with Crippen LogP contribution in [0.15, 0.2) is 57.2 Å². The zero-order valence-corrected chi connectivity index (χ0v) is 18.2. The second-order valence-corrected chi connectivity index (χ2v) is 7.10. The maximum atomic E-state index is 13.1. The molecule has 11 heteroatoms. The van der Waals surface area contributed by atoms with Gasteiger partial charge in [0.2, 0.25) is 5.88 Å². The summed E-state index contributed by atoms with van der Waals surface area (Å²) in [7, 11) is 0. The zero-order valence-electron chi connectivity index (χ0n) is 16.6. The number of benzene rings is 1. The topological polar surface area (TPSA) is 101 Å². The normalized spacial score (nSPS) is 11.7. The number of carbonyl (C=O) groups is 1. The Morgan fingerprint density at radius 1 is 1.35 bits per heavy atom. The van der Waals surface area contributed by atoms with E-state index in [4.69, 9.17) is 9.47 Å². The van der Waals surface area contributed by atoms with Gasteiger partial charge in [-0.1, -0.05) is 0 Å². The third-order valence-electron chi connectivity index (χ3n) is 4.23. The summed E-state index contributed by atoms with van der Waals surface area (Å²) in [6.45, 7) is 5.28. The highest BCUT2D eigenvalue weighted by Gasteiger charge is 2.17. The van der Waals surface area contributed by atoms with Crippen molar-refractivity contribution >= 4 is 28.6 Å². The van der Waals surface area contributed by atoms with E-state index in [0.29, 0.717) is 11.3 Å². The van der Waals surface area contributed by atoms with Gasteiger partial charge < -0.3 is 9.47 Å². The van der Waals surface area contributed by atoms with E-state index in [1.807, 2.05) is 0 Å². The molecule has 0 aliphatic heterocycles. The molecule has 2 heterocycles. The minimum Gasteiger partial charge on any atom is -0.474 e. The monoisotopic (exact) mass is 491 g/mol. The number of hydrogen-bond acceptors (Lipinski definition) is 7. The molecule has 0 aliphatic carbocycles. The van der Waals surface area contributed by atoms with Crippen molar-refractivity contribution in [2.45, 2.75) is 19.5 Å². The number of rotatable bonds is 9. The standard InChI is InChI=1S/C20H19BrFN5O4/c1-3-30-17(28)10-26-12-24-19(18(21)20(26)29)31-11-16(23-2)13-8-25-27(9-13)15-6-4-14(22)5-7-15/h4-9,12,16H,2-3,10-11H2,1H3/t16-/m0/s1. The predicted octanol–water partition coefficient (Wildman–Crippen LogP) is 2.71. The van der Waals surface area contributed by atoms with Gasteiger partial charge in [-0.25, -0.2) is 14.1 Å². The largest absolute Gasteiger partial charge is 0.474 e. The van der Waals surface area contributed by atoms with E-state index < -0.39 is 17.6 Å². The highest BCUT2D eigenvalue weighted by atomic mass is 79.9. The molecule has 9 nitrogen and oxygen atoms in total. The van der Waals surface area contributed by atoms with Crippen LogP contribution >= 0.6 is 15.9 Å². The minimum atomic E-state index is -0.541. The molecule has 0 saturated carbocycles. The number of aliphatic imine (C=N–C) groups is 1. The summed E-state index contributed by atoms with van der Waals surface area (Å²) in [5.41, 5.74) is 0.919. The molecule has 31 heavy (non-hydrogen) atoms. The number of nitrogens with zero attached hydrogens (tertiary/aromatic N) is 5. The Morgan fingerprint density at radius 2 is 2.10 bits per heavy atom. The molecular formula is C20H19BrFN5O4. The van der Waals surface area contributed by atoms with E-state index >= 15 is 0 Å². The number of esters is 1. The highest BCUT2D eigenvalue weighted by molar-refractivity contribution is 9.10. The van der Waals surface area contributed by atoms with Gasteiger partial charge in [0, 0.05) is 11.8 Å². The van der Waals surface area contributed by atoms with Crippen LogP contribution in [0.4, 0.5) is 4.39 Å². The lowest BCUT2D eigenvalue weighted by molar-refractivity contribution is -0.143. The van der Waals surface area contributed by atoms with Gasteiger partial charge in [0.15, 0.2) is 0 Å².